The molecule has 9 heavy (non-hydrogen) atoms. The molecule has 3 atom stereocenters. The molecule has 1 heterocycles. The molecule has 2 rings (SSSR count). The highest BCUT2D eigenvalue weighted by Crippen LogP contribution is 2.47. The van der Waals surface area contributed by atoms with E-state index in [4.69, 9.17) is 9.84 Å². The fourth-order valence-electron chi connectivity index (χ4n) is 1.81. The fourth-order valence-corrected chi connectivity index (χ4v) is 1.81. The number of aliphatic hydroxyl groups is 1. The van der Waals surface area contributed by atoms with Gasteiger partial charge in [-0.15, -0.1) is 0 Å². The van der Waals surface area contributed by atoms with Gasteiger partial charge in [-0.2, -0.15) is 0 Å². The summed E-state index contributed by atoms with van der Waals surface area (Å²) >= 11 is 0. The molecule has 1 aliphatic heterocycles. The topological polar surface area (TPSA) is 29.5 Å². The first kappa shape index (κ1) is 5.69. The number of hydrogen-bond donors (Lipinski definition) is 1. The molecule has 0 aromatic heterocycles. The van der Waals surface area contributed by atoms with Gasteiger partial charge in [0.05, 0.1) is 6.10 Å². The van der Waals surface area contributed by atoms with Gasteiger partial charge in [0.1, 0.15) is 0 Å². The van der Waals surface area contributed by atoms with Crippen molar-refractivity contribution in [1.29, 1.82) is 0 Å². The predicted octanol–water partition coefficient (Wildman–Crippen LogP) is 0.404. The Morgan fingerprint density at radius 3 is 3.00 bits per heavy atom. The lowest BCUT2D eigenvalue weighted by molar-refractivity contribution is 0.0716. The van der Waals surface area contributed by atoms with Crippen LogP contribution in [0.5, 0.6) is 0 Å². The Balaban J connectivity index is 1.91. The molecular formula is C7H12O2. The standard InChI is InChI=1S/C7H12O2/c8-4-6-5-2-1-3-9-7(5)6/h5-8H,1-4H2/t5-,6-,7-/m0/s1. The smallest absolute Gasteiger partial charge is 0.0661 e. The van der Waals surface area contributed by atoms with Gasteiger partial charge in [0.15, 0.2) is 0 Å². The third kappa shape index (κ3) is 0.775. The zero-order chi connectivity index (χ0) is 6.27. The lowest BCUT2D eigenvalue weighted by atomic mass is 10.2. The second kappa shape index (κ2) is 1.96. The highest BCUT2D eigenvalue weighted by molar-refractivity contribution is 4.99. The number of hydrogen-bond acceptors (Lipinski definition) is 2. The molecule has 1 aliphatic carbocycles. The van der Waals surface area contributed by atoms with Crippen LogP contribution in [-0.2, 0) is 4.74 Å². The van der Waals surface area contributed by atoms with Crippen molar-refractivity contribution in [3.05, 3.63) is 0 Å². The average molecular weight is 128 g/mol. The molecule has 0 bridgehead atoms. The summed E-state index contributed by atoms with van der Waals surface area (Å²) < 4.78 is 5.40. The summed E-state index contributed by atoms with van der Waals surface area (Å²) in [7, 11) is 0. The van der Waals surface area contributed by atoms with Crippen LogP contribution in [-0.4, -0.2) is 24.4 Å². The Bertz CT molecular complexity index is 94.7. The lowest BCUT2D eigenvalue weighted by Crippen LogP contribution is -2.06. The first-order chi connectivity index (χ1) is 4.43. The molecule has 1 saturated carbocycles. The van der Waals surface area contributed by atoms with Crippen molar-refractivity contribution in [2.75, 3.05) is 13.2 Å². The van der Waals surface area contributed by atoms with Gasteiger partial charge in [0.2, 0.25) is 0 Å². The van der Waals surface area contributed by atoms with E-state index < -0.39 is 0 Å². The van der Waals surface area contributed by atoms with Crippen molar-refractivity contribution in [2.45, 2.75) is 18.9 Å². The molecule has 1 saturated heterocycles. The summed E-state index contributed by atoms with van der Waals surface area (Å²) in [5, 5.41) is 8.76. The van der Waals surface area contributed by atoms with Gasteiger partial charge in [-0.05, 0) is 18.8 Å². The van der Waals surface area contributed by atoms with Crippen molar-refractivity contribution in [1.82, 2.24) is 0 Å². The molecular weight excluding hydrogens is 116 g/mol. The molecule has 2 aliphatic rings. The van der Waals surface area contributed by atoms with Crippen molar-refractivity contribution < 1.29 is 9.84 Å². The SMILES string of the molecule is OC[C@H]1[C@@H]2CCCO[C@H]12. The van der Waals surface area contributed by atoms with E-state index in [2.05, 4.69) is 0 Å². The van der Waals surface area contributed by atoms with Crippen molar-refractivity contribution in [2.24, 2.45) is 11.8 Å². The van der Waals surface area contributed by atoms with Crippen LogP contribution in [0.25, 0.3) is 0 Å². The Morgan fingerprint density at radius 2 is 2.44 bits per heavy atom. The third-order valence-corrected chi connectivity index (χ3v) is 2.46. The molecule has 0 amide bonds. The average Bonchev–Trinajstić information content (AvgIpc) is 2.60. The summed E-state index contributed by atoms with van der Waals surface area (Å²) in [5.41, 5.74) is 0. The van der Waals surface area contributed by atoms with Crippen LogP contribution >= 0.6 is 0 Å². The molecule has 0 spiro atoms. The van der Waals surface area contributed by atoms with Gasteiger partial charge >= 0.3 is 0 Å². The second-order valence-corrected chi connectivity index (χ2v) is 2.99. The summed E-state index contributed by atoms with van der Waals surface area (Å²) in [6.07, 6.45) is 2.90. The second-order valence-electron chi connectivity index (χ2n) is 2.99. The first-order valence-corrected chi connectivity index (χ1v) is 3.66. The normalized spacial score (nSPS) is 48.3. The highest BCUT2D eigenvalue weighted by atomic mass is 16.5. The molecule has 0 radical (unpaired) electrons. The molecule has 1 N–H and O–H groups in total. The van der Waals surface area contributed by atoms with Crippen molar-refractivity contribution >= 4 is 0 Å². The Kier molecular flexibility index (Phi) is 1.24. The van der Waals surface area contributed by atoms with Crippen LogP contribution in [0.4, 0.5) is 0 Å². The van der Waals surface area contributed by atoms with E-state index in [-0.39, 0.29) is 0 Å². The number of aliphatic hydroxyl groups excluding tert-OH is 1. The van der Waals surface area contributed by atoms with E-state index in [1.807, 2.05) is 0 Å². The van der Waals surface area contributed by atoms with E-state index >= 15 is 0 Å². The fraction of sp³-hybridized carbons (Fsp3) is 1.00. The number of rotatable bonds is 1. The van der Waals surface area contributed by atoms with E-state index in [9.17, 15) is 0 Å². The maximum atomic E-state index is 8.76. The van der Waals surface area contributed by atoms with Gasteiger partial charge in [0, 0.05) is 19.1 Å². The molecule has 2 nitrogen and oxygen atoms in total. The van der Waals surface area contributed by atoms with Gasteiger partial charge in [-0.3, -0.25) is 0 Å². The maximum Gasteiger partial charge on any atom is 0.0661 e. The number of fused-ring (bicyclic) bond motifs is 1. The van der Waals surface area contributed by atoms with E-state index in [0.717, 1.165) is 6.61 Å². The molecule has 0 aromatic rings. The van der Waals surface area contributed by atoms with Crippen LogP contribution in [0, 0.1) is 11.8 Å². The van der Waals surface area contributed by atoms with Gasteiger partial charge in [0.25, 0.3) is 0 Å². The van der Waals surface area contributed by atoms with Crippen LogP contribution in [0.3, 0.4) is 0 Å². The summed E-state index contributed by atoms with van der Waals surface area (Å²) in [6.45, 7) is 1.24. The van der Waals surface area contributed by atoms with Crippen molar-refractivity contribution in [3.63, 3.8) is 0 Å². The highest BCUT2D eigenvalue weighted by Gasteiger charge is 2.51. The van der Waals surface area contributed by atoms with Gasteiger partial charge in [-0.1, -0.05) is 0 Å². The minimum atomic E-state index is 0.329. The summed E-state index contributed by atoms with van der Waals surface area (Å²) in [4.78, 5) is 0. The minimum absolute atomic E-state index is 0.329. The monoisotopic (exact) mass is 128 g/mol. The summed E-state index contributed by atoms with van der Waals surface area (Å²) in [5.74, 6) is 1.20. The Labute approximate surface area is 54.8 Å². The van der Waals surface area contributed by atoms with Crippen LogP contribution < -0.4 is 0 Å². The predicted molar refractivity (Wildman–Crippen MR) is 33.0 cm³/mol. The molecule has 2 fully saturated rings. The third-order valence-electron chi connectivity index (χ3n) is 2.46. The minimum Gasteiger partial charge on any atom is -0.396 e. The first-order valence-electron chi connectivity index (χ1n) is 3.66. The lowest BCUT2D eigenvalue weighted by Gasteiger charge is -2.07. The van der Waals surface area contributed by atoms with Crippen LogP contribution in [0.1, 0.15) is 12.8 Å². The van der Waals surface area contributed by atoms with Crippen molar-refractivity contribution in [3.8, 4) is 0 Å². The van der Waals surface area contributed by atoms with E-state index in [1.54, 1.807) is 0 Å². The zero-order valence-corrected chi connectivity index (χ0v) is 5.42. The Hall–Kier alpha value is -0.0800. The quantitative estimate of drug-likeness (QED) is 0.554. The largest absolute Gasteiger partial charge is 0.396 e. The molecule has 2 heteroatoms. The number of ether oxygens (including phenoxy) is 1. The van der Waals surface area contributed by atoms with Crippen LogP contribution in [0.15, 0.2) is 0 Å². The molecule has 0 unspecified atom stereocenters. The summed E-state index contributed by atoms with van der Waals surface area (Å²) in [6, 6.07) is 0. The molecule has 0 aromatic carbocycles. The molecule has 52 valence electrons. The van der Waals surface area contributed by atoms with E-state index in [0.29, 0.717) is 24.5 Å². The van der Waals surface area contributed by atoms with Crippen LogP contribution in [0.2, 0.25) is 0 Å². The Morgan fingerprint density at radius 1 is 1.56 bits per heavy atom. The zero-order valence-electron chi connectivity index (χ0n) is 5.42. The van der Waals surface area contributed by atoms with Gasteiger partial charge < -0.3 is 9.84 Å². The maximum absolute atomic E-state index is 8.76. The van der Waals surface area contributed by atoms with Gasteiger partial charge in [-0.25, -0.2) is 0 Å². The van der Waals surface area contributed by atoms with E-state index in [1.165, 1.54) is 12.8 Å².